The van der Waals surface area contributed by atoms with E-state index in [1.807, 2.05) is 6.92 Å². The summed E-state index contributed by atoms with van der Waals surface area (Å²) in [5.74, 6) is -0.356. The minimum Gasteiger partial charge on any atom is -0.466 e. The summed E-state index contributed by atoms with van der Waals surface area (Å²) in [5.41, 5.74) is 1.39. The van der Waals surface area contributed by atoms with Crippen LogP contribution in [0.1, 0.15) is 43.5 Å². The fourth-order valence-electron chi connectivity index (χ4n) is 2.99. The number of hydrogen-bond donors (Lipinski definition) is 2. The molecule has 7 nitrogen and oxygen atoms in total. The highest BCUT2D eigenvalue weighted by molar-refractivity contribution is 5.94. The molecule has 0 atom stereocenters. The molecule has 0 aliphatic carbocycles. The standard InChI is InChI=1S/C20H29N3O4/c1-3-11-21-19(25)15-5-7-17(8-6-15)22-14-18(24)23-12-9-16(10-13-23)20(26)27-4-2/h5-8,16,22H,3-4,9-14H2,1-2H3,(H,21,25). The third kappa shape index (κ3) is 6.27. The van der Waals surface area contributed by atoms with E-state index in [-0.39, 0.29) is 30.2 Å². The summed E-state index contributed by atoms with van der Waals surface area (Å²) in [5, 5.41) is 5.92. The number of carbonyl (C=O) groups is 3. The predicted molar refractivity (Wildman–Crippen MR) is 103 cm³/mol. The van der Waals surface area contributed by atoms with E-state index in [9.17, 15) is 14.4 Å². The van der Waals surface area contributed by atoms with Gasteiger partial charge in [0, 0.05) is 30.9 Å². The van der Waals surface area contributed by atoms with Gasteiger partial charge in [-0.25, -0.2) is 0 Å². The predicted octanol–water partition coefficient (Wildman–Crippen LogP) is 2.04. The lowest BCUT2D eigenvalue weighted by Gasteiger charge is -2.31. The van der Waals surface area contributed by atoms with E-state index < -0.39 is 0 Å². The molecule has 27 heavy (non-hydrogen) atoms. The largest absolute Gasteiger partial charge is 0.466 e. The van der Waals surface area contributed by atoms with Gasteiger partial charge in [-0.2, -0.15) is 0 Å². The van der Waals surface area contributed by atoms with Crippen molar-refractivity contribution in [3.63, 3.8) is 0 Å². The van der Waals surface area contributed by atoms with Crippen molar-refractivity contribution < 1.29 is 19.1 Å². The molecule has 1 saturated heterocycles. The number of rotatable bonds is 8. The summed E-state index contributed by atoms with van der Waals surface area (Å²) in [7, 11) is 0. The maximum absolute atomic E-state index is 12.4. The zero-order valence-corrected chi connectivity index (χ0v) is 16.1. The Morgan fingerprint density at radius 2 is 1.78 bits per heavy atom. The van der Waals surface area contributed by atoms with Gasteiger partial charge in [-0.15, -0.1) is 0 Å². The van der Waals surface area contributed by atoms with Crippen LogP contribution in [0.15, 0.2) is 24.3 Å². The van der Waals surface area contributed by atoms with Crippen molar-refractivity contribution in [1.29, 1.82) is 0 Å². The number of carbonyl (C=O) groups excluding carboxylic acids is 3. The number of hydrogen-bond acceptors (Lipinski definition) is 5. The molecule has 2 rings (SSSR count). The Bertz CT molecular complexity index is 637. The number of esters is 1. The summed E-state index contributed by atoms with van der Waals surface area (Å²) in [6, 6.07) is 7.06. The molecule has 7 heteroatoms. The number of ether oxygens (including phenoxy) is 1. The maximum Gasteiger partial charge on any atom is 0.309 e. The highest BCUT2D eigenvalue weighted by Crippen LogP contribution is 2.19. The van der Waals surface area contributed by atoms with Crippen LogP contribution in [-0.2, 0) is 14.3 Å². The first kappa shape index (κ1) is 20.7. The molecule has 1 heterocycles. The first-order valence-corrected chi connectivity index (χ1v) is 9.61. The molecule has 1 aliphatic heterocycles. The van der Waals surface area contributed by atoms with Crippen molar-refractivity contribution in [3.8, 4) is 0 Å². The first-order chi connectivity index (χ1) is 13.0. The monoisotopic (exact) mass is 375 g/mol. The number of nitrogens with one attached hydrogen (secondary N) is 2. The topological polar surface area (TPSA) is 87.7 Å². The van der Waals surface area contributed by atoms with Crippen LogP contribution in [0.2, 0.25) is 0 Å². The molecule has 0 saturated carbocycles. The molecule has 2 amide bonds. The molecule has 1 aromatic rings. The number of nitrogens with zero attached hydrogens (tertiary/aromatic N) is 1. The van der Waals surface area contributed by atoms with Gasteiger partial charge in [0.2, 0.25) is 5.91 Å². The van der Waals surface area contributed by atoms with E-state index in [2.05, 4.69) is 10.6 Å². The number of piperidine rings is 1. The van der Waals surface area contributed by atoms with Crippen LogP contribution in [-0.4, -0.2) is 55.5 Å². The van der Waals surface area contributed by atoms with Crippen molar-refractivity contribution in [3.05, 3.63) is 29.8 Å². The van der Waals surface area contributed by atoms with Crippen LogP contribution in [0, 0.1) is 5.92 Å². The molecule has 1 fully saturated rings. The lowest BCUT2D eigenvalue weighted by atomic mass is 9.97. The Balaban J connectivity index is 1.76. The average Bonchev–Trinajstić information content (AvgIpc) is 2.71. The normalized spacial score (nSPS) is 14.5. The summed E-state index contributed by atoms with van der Waals surface area (Å²) in [6.07, 6.45) is 2.18. The number of amides is 2. The Labute approximate surface area is 160 Å². The van der Waals surface area contributed by atoms with Gasteiger partial charge in [0.15, 0.2) is 0 Å². The Kier molecular flexibility index (Phi) is 8.10. The second kappa shape index (κ2) is 10.5. The van der Waals surface area contributed by atoms with E-state index in [1.54, 1.807) is 36.1 Å². The van der Waals surface area contributed by atoms with Gasteiger partial charge in [0.25, 0.3) is 5.91 Å². The van der Waals surface area contributed by atoms with Gasteiger partial charge in [0.1, 0.15) is 0 Å². The van der Waals surface area contributed by atoms with Gasteiger partial charge < -0.3 is 20.3 Å². The summed E-state index contributed by atoms with van der Waals surface area (Å²) < 4.78 is 5.05. The zero-order chi connectivity index (χ0) is 19.6. The van der Waals surface area contributed by atoms with E-state index in [4.69, 9.17) is 4.74 Å². The molecule has 0 spiro atoms. The van der Waals surface area contributed by atoms with Crippen molar-refractivity contribution in [2.45, 2.75) is 33.1 Å². The van der Waals surface area contributed by atoms with Gasteiger partial charge in [0.05, 0.1) is 19.1 Å². The highest BCUT2D eigenvalue weighted by Gasteiger charge is 2.27. The fourth-order valence-corrected chi connectivity index (χ4v) is 2.99. The third-order valence-corrected chi connectivity index (χ3v) is 4.59. The molecule has 1 aliphatic rings. The number of benzene rings is 1. The number of likely N-dealkylation sites (tertiary alicyclic amines) is 1. The molecular weight excluding hydrogens is 346 g/mol. The Morgan fingerprint density at radius 3 is 2.37 bits per heavy atom. The second-order valence-corrected chi connectivity index (χ2v) is 6.59. The molecule has 1 aromatic carbocycles. The van der Waals surface area contributed by atoms with Gasteiger partial charge in [-0.1, -0.05) is 6.92 Å². The van der Waals surface area contributed by atoms with Gasteiger partial charge in [-0.05, 0) is 50.5 Å². The Hall–Kier alpha value is -2.57. The van der Waals surface area contributed by atoms with E-state index in [0.717, 1.165) is 12.1 Å². The smallest absolute Gasteiger partial charge is 0.309 e. The maximum atomic E-state index is 12.4. The van der Waals surface area contributed by atoms with Crippen molar-refractivity contribution >= 4 is 23.5 Å². The summed E-state index contributed by atoms with van der Waals surface area (Å²) in [6.45, 7) is 6.17. The second-order valence-electron chi connectivity index (χ2n) is 6.59. The quantitative estimate of drug-likeness (QED) is 0.679. The van der Waals surface area contributed by atoms with Crippen molar-refractivity contribution in [2.24, 2.45) is 5.92 Å². The molecule has 0 radical (unpaired) electrons. The minimum absolute atomic E-state index is 0.00192. The van der Waals surface area contributed by atoms with Crippen LogP contribution in [0.25, 0.3) is 0 Å². The van der Waals surface area contributed by atoms with E-state index in [1.165, 1.54) is 0 Å². The van der Waals surface area contributed by atoms with Crippen LogP contribution < -0.4 is 10.6 Å². The van der Waals surface area contributed by atoms with Crippen LogP contribution in [0.5, 0.6) is 0 Å². The molecule has 0 bridgehead atoms. The van der Waals surface area contributed by atoms with Gasteiger partial charge in [-0.3, -0.25) is 14.4 Å². The van der Waals surface area contributed by atoms with Crippen molar-refractivity contribution in [2.75, 3.05) is 38.1 Å². The highest BCUT2D eigenvalue weighted by atomic mass is 16.5. The molecule has 2 N–H and O–H groups in total. The summed E-state index contributed by atoms with van der Waals surface area (Å²) >= 11 is 0. The molecule has 148 valence electrons. The molecular formula is C20H29N3O4. The molecule has 0 aromatic heterocycles. The van der Waals surface area contributed by atoms with Crippen LogP contribution >= 0.6 is 0 Å². The minimum atomic E-state index is -0.161. The van der Waals surface area contributed by atoms with Crippen LogP contribution in [0.4, 0.5) is 5.69 Å². The third-order valence-electron chi connectivity index (χ3n) is 4.59. The lowest BCUT2D eigenvalue weighted by molar-refractivity contribution is -0.151. The fraction of sp³-hybridized carbons (Fsp3) is 0.550. The van der Waals surface area contributed by atoms with E-state index >= 15 is 0 Å². The number of anilines is 1. The molecule has 0 unspecified atom stereocenters. The Morgan fingerprint density at radius 1 is 1.11 bits per heavy atom. The zero-order valence-electron chi connectivity index (χ0n) is 16.1. The van der Waals surface area contributed by atoms with E-state index in [0.29, 0.717) is 44.6 Å². The first-order valence-electron chi connectivity index (χ1n) is 9.61. The van der Waals surface area contributed by atoms with Crippen molar-refractivity contribution in [1.82, 2.24) is 10.2 Å². The van der Waals surface area contributed by atoms with Gasteiger partial charge >= 0.3 is 5.97 Å². The lowest BCUT2D eigenvalue weighted by Crippen LogP contribution is -2.43. The summed E-state index contributed by atoms with van der Waals surface area (Å²) in [4.78, 5) is 37.8. The average molecular weight is 375 g/mol. The van der Waals surface area contributed by atoms with Crippen LogP contribution in [0.3, 0.4) is 0 Å². The SMILES string of the molecule is CCCNC(=O)c1ccc(NCC(=O)N2CCC(C(=O)OCC)CC2)cc1.